The van der Waals surface area contributed by atoms with Crippen LogP contribution in [0.25, 0.3) is 0 Å². The van der Waals surface area contributed by atoms with Crippen molar-refractivity contribution in [1.29, 1.82) is 0 Å². The molecule has 0 saturated carbocycles. The highest BCUT2D eigenvalue weighted by Crippen LogP contribution is 2.35. The molecule has 0 aromatic carbocycles. The van der Waals surface area contributed by atoms with Crippen LogP contribution in [0.5, 0.6) is 0 Å². The van der Waals surface area contributed by atoms with Crippen LogP contribution in [-0.4, -0.2) is 9.78 Å². The van der Waals surface area contributed by atoms with Crippen LogP contribution >= 0.6 is 23.4 Å². The van der Waals surface area contributed by atoms with Crippen LogP contribution in [0.3, 0.4) is 0 Å². The monoisotopic (exact) mass is 202 g/mol. The van der Waals surface area contributed by atoms with Crippen LogP contribution < -0.4 is 0 Å². The molecular formula is C8H11ClN2S. The maximum Gasteiger partial charge on any atom is 0.131 e. The molecule has 0 unspecified atom stereocenters. The molecule has 2 rings (SSSR count). The van der Waals surface area contributed by atoms with Crippen molar-refractivity contribution < 1.29 is 0 Å². The maximum atomic E-state index is 6.15. The van der Waals surface area contributed by atoms with E-state index in [-0.39, 0.29) is 0 Å². The molecule has 1 aromatic heterocycles. The van der Waals surface area contributed by atoms with Crippen molar-refractivity contribution in [2.45, 2.75) is 31.4 Å². The number of rotatable bonds is 1. The van der Waals surface area contributed by atoms with Gasteiger partial charge in [0.15, 0.2) is 0 Å². The SMILES string of the molecule is CC(C)n1nc2c(c1Cl)CSC2. The summed E-state index contributed by atoms with van der Waals surface area (Å²) in [6.07, 6.45) is 0. The molecule has 1 aliphatic heterocycles. The Kier molecular flexibility index (Phi) is 2.09. The van der Waals surface area contributed by atoms with Crippen LogP contribution in [0.15, 0.2) is 0 Å². The highest BCUT2D eigenvalue weighted by Gasteiger charge is 2.21. The van der Waals surface area contributed by atoms with Gasteiger partial charge in [0.25, 0.3) is 0 Å². The molecule has 2 heterocycles. The molecule has 2 nitrogen and oxygen atoms in total. The van der Waals surface area contributed by atoms with Crippen molar-refractivity contribution in [3.8, 4) is 0 Å². The van der Waals surface area contributed by atoms with E-state index in [1.54, 1.807) is 0 Å². The van der Waals surface area contributed by atoms with Gasteiger partial charge >= 0.3 is 0 Å². The van der Waals surface area contributed by atoms with Gasteiger partial charge in [-0.25, -0.2) is 0 Å². The first-order valence-electron chi connectivity index (χ1n) is 4.03. The molecule has 0 radical (unpaired) electrons. The lowest BCUT2D eigenvalue weighted by molar-refractivity contribution is 0.529. The topological polar surface area (TPSA) is 17.8 Å². The Balaban J connectivity index is 2.47. The third-order valence-corrected chi connectivity index (χ3v) is 3.37. The van der Waals surface area contributed by atoms with E-state index in [0.29, 0.717) is 6.04 Å². The van der Waals surface area contributed by atoms with Gasteiger partial charge in [-0.15, -0.1) is 0 Å². The van der Waals surface area contributed by atoms with Crippen molar-refractivity contribution in [2.75, 3.05) is 0 Å². The van der Waals surface area contributed by atoms with Gasteiger partial charge in [0.05, 0.1) is 5.69 Å². The molecule has 0 amide bonds. The summed E-state index contributed by atoms with van der Waals surface area (Å²) in [5.74, 6) is 2.05. The summed E-state index contributed by atoms with van der Waals surface area (Å²) in [5, 5.41) is 5.29. The number of hydrogen-bond acceptors (Lipinski definition) is 2. The van der Waals surface area contributed by atoms with Crippen molar-refractivity contribution in [1.82, 2.24) is 9.78 Å². The summed E-state index contributed by atoms with van der Waals surface area (Å²) < 4.78 is 1.91. The molecule has 0 aliphatic carbocycles. The van der Waals surface area contributed by atoms with Gasteiger partial charge in [-0.1, -0.05) is 11.6 Å². The van der Waals surface area contributed by atoms with E-state index < -0.39 is 0 Å². The Morgan fingerprint density at radius 3 is 2.83 bits per heavy atom. The predicted octanol–water partition coefficient (Wildman–Crippen LogP) is 2.86. The number of fused-ring (bicyclic) bond motifs is 1. The zero-order valence-corrected chi connectivity index (χ0v) is 8.74. The van der Waals surface area contributed by atoms with E-state index in [2.05, 4.69) is 18.9 Å². The van der Waals surface area contributed by atoms with E-state index in [0.717, 1.165) is 16.7 Å². The molecule has 0 spiro atoms. The van der Waals surface area contributed by atoms with E-state index in [9.17, 15) is 0 Å². The van der Waals surface area contributed by atoms with Gasteiger partial charge in [-0.05, 0) is 13.8 Å². The third-order valence-electron chi connectivity index (χ3n) is 2.00. The Morgan fingerprint density at radius 2 is 2.25 bits per heavy atom. The Bertz CT molecular complexity index is 306. The maximum absolute atomic E-state index is 6.15. The number of nitrogens with zero attached hydrogens (tertiary/aromatic N) is 2. The van der Waals surface area contributed by atoms with E-state index in [4.69, 9.17) is 11.6 Å². The fraction of sp³-hybridized carbons (Fsp3) is 0.625. The summed E-state index contributed by atoms with van der Waals surface area (Å²) in [4.78, 5) is 0. The fourth-order valence-corrected chi connectivity index (χ4v) is 2.87. The molecule has 0 saturated heterocycles. The fourth-order valence-electron chi connectivity index (χ4n) is 1.34. The molecule has 12 heavy (non-hydrogen) atoms. The van der Waals surface area contributed by atoms with Crippen molar-refractivity contribution in [3.63, 3.8) is 0 Å². The zero-order valence-electron chi connectivity index (χ0n) is 7.17. The molecule has 0 bridgehead atoms. The second-order valence-electron chi connectivity index (χ2n) is 3.25. The van der Waals surface area contributed by atoms with E-state index >= 15 is 0 Å². The minimum Gasteiger partial charge on any atom is -0.251 e. The van der Waals surface area contributed by atoms with Crippen molar-refractivity contribution in [3.05, 3.63) is 16.4 Å². The van der Waals surface area contributed by atoms with Crippen molar-refractivity contribution in [2.24, 2.45) is 0 Å². The molecule has 0 fully saturated rings. The Labute approximate surface area is 81.3 Å². The molecule has 1 aliphatic rings. The second-order valence-corrected chi connectivity index (χ2v) is 4.59. The standard InChI is InChI=1S/C8H11ClN2S/c1-5(2)11-8(9)6-3-12-4-7(6)10-11/h5H,3-4H2,1-2H3. The van der Waals surface area contributed by atoms with Crippen LogP contribution in [-0.2, 0) is 11.5 Å². The van der Waals surface area contributed by atoms with Gasteiger partial charge in [-0.2, -0.15) is 16.9 Å². The van der Waals surface area contributed by atoms with Crippen molar-refractivity contribution >= 4 is 23.4 Å². The summed E-state index contributed by atoms with van der Waals surface area (Å²) in [7, 11) is 0. The van der Waals surface area contributed by atoms with E-state index in [1.165, 1.54) is 11.3 Å². The number of aromatic nitrogens is 2. The second kappa shape index (κ2) is 2.96. The first-order valence-corrected chi connectivity index (χ1v) is 5.57. The van der Waals surface area contributed by atoms with Crippen LogP contribution in [0, 0.1) is 0 Å². The largest absolute Gasteiger partial charge is 0.251 e. The highest BCUT2D eigenvalue weighted by atomic mass is 35.5. The smallest absolute Gasteiger partial charge is 0.131 e. The molecule has 4 heteroatoms. The molecular weight excluding hydrogens is 192 g/mol. The average molecular weight is 203 g/mol. The van der Waals surface area contributed by atoms with Crippen LogP contribution in [0.4, 0.5) is 0 Å². The van der Waals surface area contributed by atoms with Gasteiger partial charge < -0.3 is 0 Å². The minimum atomic E-state index is 0.369. The summed E-state index contributed by atoms with van der Waals surface area (Å²) in [6.45, 7) is 4.20. The van der Waals surface area contributed by atoms with Crippen LogP contribution in [0.2, 0.25) is 5.15 Å². The zero-order chi connectivity index (χ0) is 8.72. The number of hydrogen-bond donors (Lipinski definition) is 0. The highest BCUT2D eigenvalue weighted by molar-refractivity contribution is 7.98. The lowest BCUT2D eigenvalue weighted by Gasteiger charge is -2.06. The number of thioether (sulfide) groups is 1. The third kappa shape index (κ3) is 1.15. The molecule has 66 valence electrons. The predicted molar refractivity (Wildman–Crippen MR) is 52.6 cm³/mol. The van der Waals surface area contributed by atoms with Crippen LogP contribution in [0.1, 0.15) is 31.1 Å². The van der Waals surface area contributed by atoms with E-state index in [1.807, 2.05) is 16.4 Å². The molecule has 0 N–H and O–H groups in total. The molecule has 1 aromatic rings. The minimum absolute atomic E-state index is 0.369. The van der Waals surface area contributed by atoms with Gasteiger partial charge in [0.1, 0.15) is 5.15 Å². The van der Waals surface area contributed by atoms with Gasteiger partial charge in [-0.3, -0.25) is 4.68 Å². The first kappa shape index (κ1) is 8.45. The lowest BCUT2D eigenvalue weighted by atomic mass is 10.3. The Hall–Kier alpha value is -0.150. The quantitative estimate of drug-likeness (QED) is 0.697. The normalized spacial score (nSPS) is 15.7. The lowest BCUT2D eigenvalue weighted by Crippen LogP contribution is -2.03. The number of halogens is 1. The van der Waals surface area contributed by atoms with Gasteiger partial charge in [0, 0.05) is 23.1 Å². The average Bonchev–Trinajstić information content (AvgIpc) is 2.53. The molecule has 0 atom stereocenters. The first-order chi connectivity index (χ1) is 5.70. The summed E-state index contributed by atoms with van der Waals surface area (Å²) >= 11 is 8.04. The summed E-state index contributed by atoms with van der Waals surface area (Å²) in [6, 6.07) is 0.369. The Morgan fingerprint density at radius 1 is 1.50 bits per heavy atom. The summed E-state index contributed by atoms with van der Waals surface area (Å²) in [5.41, 5.74) is 2.43. The van der Waals surface area contributed by atoms with Gasteiger partial charge in [0.2, 0.25) is 0 Å².